The minimum absolute atomic E-state index is 0.937. The van der Waals surface area contributed by atoms with Gasteiger partial charge in [0.1, 0.15) is 0 Å². The maximum absolute atomic E-state index is 3.01. The van der Waals surface area contributed by atoms with Crippen LogP contribution in [-0.2, 0) is 0 Å². The van der Waals surface area contributed by atoms with E-state index >= 15 is 0 Å². The minimum Gasteiger partial charge on any atom is -0.303 e. The van der Waals surface area contributed by atoms with Crippen molar-refractivity contribution in [2.45, 2.75) is 227 Å². The van der Waals surface area contributed by atoms with Gasteiger partial charge in [-0.25, -0.2) is 0 Å². The summed E-state index contributed by atoms with van der Waals surface area (Å²) >= 11 is 0. The molecule has 0 saturated carbocycles. The summed E-state index contributed by atoms with van der Waals surface area (Å²) in [5.74, 6) is 1.87. The van der Waals surface area contributed by atoms with Crippen LogP contribution in [0.3, 0.4) is 0 Å². The van der Waals surface area contributed by atoms with Crippen molar-refractivity contribution in [3.8, 4) is 0 Å². The third kappa shape index (κ3) is 29.8. The van der Waals surface area contributed by atoms with Gasteiger partial charge in [-0.2, -0.15) is 0 Å². The molecule has 0 bridgehead atoms. The highest BCUT2D eigenvalue weighted by molar-refractivity contribution is 4.72. The topological polar surface area (TPSA) is 3.24 Å². The first-order valence-electron chi connectivity index (χ1n) is 19.9. The van der Waals surface area contributed by atoms with Crippen molar-refractivity contribution in [2.24, 2.45) is 11.8 Å². The molecule has 0 radical (unpaired) electrons. The third-order valence-corrected chi connectivity index (χ3v) is 9.72. The molecule has 0 spiro atoms. The number of rotatable bonds is 35. The Hall–Kier alpha value is -0.0400. The summed E-state index contributed by atoms with van der Waals surface area (Å²) in [6.45, 7) is 15.9. The molecule has 41 heavy (non-hydrogen) atoms. The fourth-order valence-corrected chi connectivity index (χ4v) is 6.90. The summed E-state index contributed by atoms with van der Waals surface area (Å²) in [5, 5.41) is 0. The van der Waals surface area contributed by atoms with Gasteiger partial charge in [-0.1, -0.05) is 195 Å². The Morgan fingerprint density at radius 1 is 0.293 bits per heavy atom. The predicted molar refractivity (Wildman–Crippen MR) is 190 cm³/mol. The van der Waals surface area contributed by atoms with Crippen molar-refractivity contribution in [1.82, 2.24) is 4.90 Å². The fraction of sp³-hybridized carbons (Fsp3) is 1.00. The van der Waals surface area contributed by atoms with E-state index in [1.54, 1.807) is 0 Å². The molecule has 0 heterocycles. The van der Waals surface area contributed by atoms with E-state index in [2.05, 4.69) is 39.5 Å². The summed E-state index contributed by atoms with van der Waals surface area (Å²) in [5.41, 5.74) is 0. The van der Waals surface area contributed by atoms with Crippen LogP contribution >= 0.6 is 0 Å². The molecular formula is C40H83N. The maximum atomic E-state index is 3.01. The molecule has 0 saturated heterocycles. The Morgan fingerprint density at radius 2 is 0.537 bits per heavy atom. The van der Waals surface area contributed by atoms with Gasteiger partial charge in [0.05, 0.1) is 0 Å². The molecule has 0 aromatic rings. The van der Waals surface area contributed by atoms with Gasteiger partial charge in [-0.15, -0.1) is 0 Å². The van der Waals surface area contributed by atoms with E-state index in [-0.39, 0.29) is 0 Å². The van der Waals surface area contributed by atoms with Gasteiger partial charge in [-0.05, 0) is 50.5 Å². The highest BCUT2D eigenvalue weighted by Crippen LogP contribution is 2.24. The van der Waals surface area contributed by atoms with Crippen LogP contribution in [0.4, 0.5) is 0 Å². The SMILES string of the molecule is CCCCCCCCCCN(CC(CCCCC)CCCCCC)CC(CCCCCC)CCCCCCCCC. The Morgan fingerprint density at radius 3 is 0.902 bits per heavy atom. The lowest BCUT2D eigenvalue weighted by Gasteiger charge is -2.31. The number of unbranched alkanes of at least 4 members (excludes halogenated alkanes) is 21. The quantitative estimate of drug-likeness (QED) is 0.0677. The molecule has 0 aliphatic heterocycles. The first-order chi connectivity index (χ1) is 20.2. The molecule has 0 N–H and O–H groups in total. The molecule has 1 nitrogen and oxygen atoms in total. The Balaban J connectivity index is 5.09. The smallest absolute Gasteiger partial charge is 0.000977 e. The Bertz CT molecular complexity index is 460. The molecular weight excluding hydrogens is 494 g/mol. The van der Waals surface area contributed by atoms with Crippen LogP contribution in [0.1, 0.15) is 227 Å². The highest BCUT2D eigenvalue weighted by Gasteiger charge is 2.18. The zero-order valence-electron chi connectivity index (χ0n) is 29.9. The molecule has 2 unspecified atom stereocenters. The predicted octanol–water partition coefficient (Wildman–Crippen LogP) is 14.3. The van der Waals surface area contributed by atoms with Crippen LogP contribution in [0.2, 0.25) is 0 Å². The van der Waals surface area contributed by atoms with Crippen molar-refractivity contribution in [2.75, 3.05) is 19.6 Å². The van der Waals surface area contributed by atoms with Crippen LogP contribution in [0.25, 0.3) is 0 Å². The summed E-state index contributed by atoms with van der Waals surface area (Å²) in [4.78, 5) is 3.01. The van der Waals surface area contributed by atoms with Crippen molar-refractivity contribution < 1.29 is 0 Å². The third-order valence-electron chi connectivity index (χ3n) is 9.72. The molecule has 248 valence electrons. The highest BCUT2D eigenvalue weighted by atomic mass is 15.1. The Labute approximate surface area is 263 Å². The molecule has 1 heteroatoms. The largest absolute Gasteiger partial charge is 0.303 e. The van der Waals surface area contributed by atoms with Crippen LogP contribution in [0.15, 0.2) is 0 Å². The average Bonchev–Trinajstić information content (AvgIpc) is 2.98. The standard InChI is InChI=1S/C40H83N/c1-6-11-16-20-22-24-26-31-36-41(37-39(32-27-15-10-5)33-28-18-13-8-3)38-40(34-29-19-14-9-4)35-30-25-23-21-17-12-7-2/h39-40H,6-38H2,1-5H3. The average molecular weight is 578 g/mol. The van der Waals surface area contributed by atoms with Gasteiger partial charge in [0.25, 0.3) is 0 Å². The van der Waals surface area contributed by atoms with Gasteiger partial charge in [-0.3, -0.25) is 0 Å². The van der Waals surface area contributed by atoms with Crippen LogP contribution in [-0.4, -0.2) is 24.5 Å². The van der Waals surface area contributed by atoms with E-state index in [9.17, 15) is 0 Å². The Kier molecular flexibility index (Phi) is 34.4. The second-order valence-electron chi connectivity index (χ2n) is 14.1. The van der Waals surface area contributed by atoms with Crippen LogP contribution in [0.5, 0.6) is 0 Å². The molecule has 0 fully saturated rings. The van der Waals surface area contributed by atoms with Crippen LogP contribution < -0.4 is 0 Å². The van der Waals surface area contributed by atoms with Gasteiger partial charge in [0.2, 0.25) is 0 Å². The molecule has 0 aliphatic carbocycles. The lowest BCUT2D eigenvalue weighted by atomic mass is 9.91. The first-order valence-corrected chi connectivity index (χ1v) is 19.9. The lowest BCUT2D eigenvalue weighted by Crippen LogP contribution is -2.35. The van der Waals surface area contributed by atoms with Gasteiger partial charge in [0, 0.05) is 13.1 Å². The summed E-state index contributed by atoms with van der Waals surface area (Å²) in [6, 6.07) is 0. The molecule has 0 aromatic heterocycles. The summed E-state index contributed by atoms with van der Waals surface area (Å²) in [7, 11) is 0. The van der Waals surface area contributed by atoms with Crippen molar-refractivity contribution in [1.29, 1.82) is 0 Å². The molecule has 0 aromatic carbocycles. The zero-order valence-corrected chi connectivity index (χ0v) is 29.9. The monoisotopic (exact) mass is 578 g/mol. The minimum atomic E-state index is 0.937. The lowest BCUT2D eigenvalue weighted by molar-refractivity contribution is 0.170. The second-order valence-corrected chi connectivity index (χ2v) is 14.1. The van der Waals surface area contributed by atoms with Crippen molar-refractivity contribution >= 4 is 0 Å². The number of hydrogen-bond acceptors (Lipinski definition) is 1. The molecule has 2 atom stereocenters. The van der Waals surface area contributed by atoms with Crippen molar-refractivity contribution in [3.63, 3.8) is 0 Å². The summed E-state index contributed by atoms with van der Waals surface area (Å²) in [6.07, 6.45) is 43.3. The number of hydrogen-bond donors (Lipinski definition) is 0. The normalized spacial score (nSPS) is 13.3. The fourth-order valence-electron chi connectivity index (χ4n) is 6.90. The molecule has 0 rings (SSSR count). The van der Waals surface area contributed by atoms with Crippen LogP contribution in [0, 0.1) is 11.8 Å². The zero-order chi connectivity index (χ0) is 30.1. The second kappa shape index (κ2) is 34.5. The van der Waals surface area contributed by atoms with Crippen molar-refractivity contribution in [3.05, 3.63) is 0 Å². The molecule has 0 amide bonds. The number of nitrogens with zero attached hydrogens (tertiary/aromatic N) is 1. The van der Waals surface area contributed by atoms with E-state index in [0.29, 0.717) is 0 Å². The van der Waals surface area contributed by atoms with Gasteiger partial charge < -0.3 is 4.90 Å². The van der Waals surface area contributed by atoms with E-state index in [0.717, 1.165) is 11.8 Å². The van der Waals surface area contributed by atoms with E-state index in [4.69, 9.17) is 0 Å². The van der Waals surface area contributed by atoms with Gasteiger partial charge in [0.15, 0.2) is 0 Å². The van der Waals surface area contributed by atoms with Gasteiger partial charge >= 0.3 is 0 Å². The van der Waals surface area contributed by atoms with E-state index in [1.807, 2.05) is 0 Å². The first kappa shape index (κ1) is 41.0. The van der Waals surface area contributed by atoms with E-state index < -0.39 is 0 Å². The molecule has 0 aliphatic rings. The van der Waals surface area contributed by atoms with E-state index in [1.165, 1.54) is 212 Å². The summed E-state index contributed by atoms with van der Waals surface area (Å²) < 4.78 is 0. The maximum Gasteiger partial charge on any atom is 0.000977 e.